The van der Waals surface area contributed by atoms with Gasteiger partial charge in [0.15, 0.2) is 0 Å². The molecule has 0 aliphatic carbocycles. The van der Waals surface area contributed by atoms with Crippen LogP contribution < -0.4 is 0 Å². The summed E-state index contributed by atoms with van der Waals surface area (Å²) in [5.41, 5.74) is 1.17. The SMILES string of the molecule is Cn1ccnc1CN1CCCC(c2ccncn2)C1. The summed E-state index contributed by atoms with van der Waals surface area (Å²) in [6, 6.07) is 2.04. The van der Waals surface area contributed by atoms with Gasteiger partial charge in [-0.15, -0.1) is 0 Å². The van der Waals surface area contributed by atoms with Crippen LogP contribution in [-0.2, 0) is 13.6 Å². The van der Waals surface area contributed by atoms with Gasteiger partial charge < -0.3 is 4.57 Å². The van der Waals surface area contributed by atoms with Crippen LogP contribution in [0.1, 0.15) is 30.3 Å². The van der Waals surface area contributed by atoms with Gasteiger partial charge in [-0.2, -0.15) is 0 Å². The molecule has 0 aromatic carbocycles. The maximum absolute atomic E-state index is 4.40. The van der Waals surface area contributed by atoms with E-state index in [0.29, 0.717) is 5.92 Å². The molecule has 1 aliphatic rings. The van der Waals surface area contributed by atoms with Gasteiger partial charge in [-0.05, 0) is 25.5 Å². The van der Waals surface area contributed by atoms with Gasteiger partial charge in [-0.1, -0.05) is 0 Å². The van der Waals surface area contributed by atoms with E-state index >= 15 is 0 Å². The van der Waals surface area contributed by atoms with Gasteiger partial charge in [0, 0.05) is 43.8 Å². The number of hydrogen-bond donors (Lipinski definition) is 0. The quantitative estimate of drug-likeness (QED) is 0.837. The lowest BCUT2D eigenvalue weighted by atomic mass is 9.94. The topological polar surface area (TPSA) is 46.8 Å². The number of aryl methyl sites for hydroxylation is 1. The molecule has 1 fully saturated rings. The van der Waals surface area contributed by atoms with Gasteiger partial charge in [0.05, 0.1) is 6.54 Å². The van der Waals surface area contributed by atoms with Crippen LogP contribution in [0.15, 0.2) is 31.0 Å². The molecular formula is C14H19N5. The standard InChI is InChI=1S/C14H19N5/c1-18-8-6-16-14(18)10-19-7-2-3-12(9-19)13-4-5-15-11-17-13/h4-6,8,11-12H,2-3,7,9-10H2,1H3. The Balaban J connectivity index is 1.67. The van der Waals surface area contributed by atoms with Crippen LogP contribution in [0, 0.1) is 0 Å². The molecule has 1 atom stereocenters. The third kappa shape index (κ3) is 2.81. The van der Waals surface area contributed by atoms with E-state index in [4.69, 9.17) is 0 Å². The van der Waals surface area contributed by atoms with E-state index < -0.39 is 0 Å². The molecule has 1 saturated heterocycles. The van der Waals surface area contributed by atoms with E-state index in [0.717, 1.165) is 25.5 Å². The van der Waals surface area contributed by atoms with Gasteiger partial charge in [0.2, 0.25) is 0 Å². The van der Waals surface area contributed by atoms with E-state index in [9.17, 15) is 0 Å². The van der Waals surface area contributed by atoms with Crippen LogP contribution in [0.2, 0.25) is 0 Å². The molecule has 0 saturated carbocycles. The summed E-state index contributed by atoms with van der Waals surface area (Å²) in [6.07, 6.45) is 9.78. The molecule has 1 aliphatic heterocycles. The first-order valence-corrected chi connectivity index (χ1v) is 6.77. The molecule has 5 heteroatoms. The van der Waals surface area contributed by atoms with E-state index in [-0.39, 0.29) is 0 Å². The summed E-state index contributed by atoms with van der Waals surface area (Å²) in [5, 5.41) is 0. The lowest BCUT2D eigenvalue weighted by molar-refractivity contribution is 0.192. The highest BCUT2D eigenvalue weighted by molar-refractivity contribution is 5.08. The number of imidazole rings is 1. The molecule has 0 bridgehead atoms. The average molecular weight is 257 g/mol. The number of hydrogen-bond acceptors (Lipinski definition) is 4. The minimum atomic E-state index is 0.525. The lowest BCUT2D eigenvalue weighted by Crippen LogP contribution is -2.34. The van der Waals surface area contributed by atoms with E-state index in [1.807, 2.05) is 31.7 Å². The van der Waals surface area contributed by atoms with Crippen molar-refractivity contribution >= 4 is 0 Å². The van der Waals surface area contributed by atoms with Crippen LogP contribution in [0.3, 0.4) is 0 Å². The minimum absolute atomic E-state index is 0.525. The normalized spacial score (nSPS) is 20.6. The summed E-state index contributed by atoms with van der Waals surface area (Å²) >= 11 is 0. The molecule has 1 unspecified atom stereocenters. The number of nitrogens with zero attached hydrogens (tertiary/aromatic N) is 5. The molecule has 100 valence electrons. The zero-order chi connectivity index (χ0) is 13.1. The Morgan fingerprint density at radius 3 is 3.00 bits per heavy atom. The monoisotopic (exact) mass is 257 g/mol. The molecule has 3 heterocycles. The highest BCUT2D eigenvalue weighted by Crippen LogP contribution is 2.25. The van der Waals surface area contributed by atoms with Gasteiger partial charge in [-0.25, -0.2) is 15.0 Å². The number of rotatable bonds is 3. The maximum Gasteiger partial charge on any atom is 0.122 e. The first-order valence-electron chi connectivity index (χ1n) is 6.77. The molecule has 19 heavy (non-hydrogen) atoms. The fraction of sp³-hybridized carbons (Fsp3) is 0.500. The molecule has 0 spiro atoms. The molecule has 0 amide bonds. The van der Waals surface area contributed by atoms with Crippen molar-refractivity contribution in [2.75, 3.05) is 13.1 Å². The number of likely N-dealkylation sites (tertiary alicyclic amines) is 1. The van der Waals surface area contributed by atoms with Crippen LogP contribution in [0.4, 0.5) is 0 Å². The summed E-state index contributed by atoms with van der Waals surface area (Å²) in [7, 11) is 2.05. The molecule has 2 aromatic rings. The predicted octanol–water partition coefficient (Wildman–Crippen LogP) is 1.59. The molecule has 2 aromatic heterocycles. The second-order valence-corrected chi connectivity index (χ2v) is 5.16. The minimum Gasteiger partial charge on any atom is -0.337 e. The third-order valence-electron chi connectivity index (χ3n) is 3.81. The van der Waals surface area contributed by atoms with Crippen LogP contribution in [0.25, 0.3) is 0 Å². The first-order chi connectivity index (χ1) is 9.33. The van der Waals surface area contributed by atoms with Crippen molar-refractivity contribution in [1.29, 1.82) is 0 Å². The average Bonchev–Trinajstić information content (AvgIpc) is 2.86. The van der Waals surface area contributed by atoms with Gasteiger partial charge >= 0.3 is 0 Å². The molecule has 3 rings (SSSR count). The summed E-state index contributed by atoms with van der Waals surface area (Å²) in [6.45, 7) is 3.13. The highest BCUT2D eigenvalue weighted by Gasteiger charge is 2.22. The molecule has 0 radical (unpaired) electrons. The van der Waals surface area contributed by atoms with Crippen LogP contribution >= 0.6 is 0 Å². The van der Waals surface area contributed by atoms with Crippen molar-refractivity contribution in [2.45, 2.75) is 25.3 Å². The Morgan fingerprint density at radius 2 is 2.26 bits per heavy atom. The molecule has 5 nitrogen and oxygen atoms in total. The maximum atomic E-state index is 4.40. The molecular weight excluding hydrogens is 238 g/mol. The van der Waals surface area contributed by atoms with Crippen LogP contribution in [-0.4, -0.2) is 37.5 Å². The second-order valence-electron chi connectivity index (χ2n) is 5.16. The van der Waals surface area contributed by atoms with Gasteiger partial charge in [0.25, 0.3) is 0 Å². The Bertz CT molecular complexity index is 522. The van der Waals surface area contributed by atoms with E-state index in [1.54, 1.807) is 6.33 Å². The summed E-state index contributed by atoms with van der Waals surface area (Å²) in [5.74, 6) is 1.65. The molecule has 0 N–H and O–H groups in total. The third-order valence-corrected chi connectivity index (χ3v) is 3.81. The van der Waals surface area contributed by atoms with Crippen molar-refractivity contribution in [3.05, 3.63) is 42.5 Å². The zero-order valence-electron chi connectivity index (χ0n) is 11.2. The Morgan fingerprint density at radius 1 is 1.32 bits per heavy atom. The fourth-order valence-electron chi connectivity index (χ4n) is 2.73. The Kier molecular flexibility index (Phi) is 3.55. The highest BCUT2D eigenvalue weighted by atomic mass is 15.2. The van der Waals surface area contributed by atoms with Gasteiger partial charge in [-0.3, -0.25) is 4.90 Å². The first kappa shape index (κ1) is 12.3. The number of piperidine rings is 1. The predicted molar refractivity (Wildman–Crippen MR) is 72.5 cm³/mol. The van der Waals surface area contributed by atoms with E-state index in [1.165, 1.54) is 18.5 Å². The Labute approximate surface area is 113 Å². The summed E-state index contributed by atoms with van der Waals surface area (Å²) in [4.78, 5) is 15.3. The van der Waals surface area contributed by atoms with Crippen molar-refractivity contribution in [2.24, 2.45) is 7.05 Å². The van der Waals surface area contributed by atoms with Crippen LogP contribution in [0.5, 0.6) is 0 Å². The van der Waals surface area contributed by atoms with Crippen molar-refractivity contribution in [1.82, 2.24) is 24.4 Å². The van der Waals surface area contributed by atoms with E-state index in [2.05, 4.69) is 24.4 Å². The largest absolute Gasteiger partial charge is 0.337 e. The Hall–Kier alpha value is -1.75. The smallest absolute Gasteiger partial charge is 0.122 e. The second kappa shape index (κ2) is 5.48. The lowest BCUT2D eigenvalue weighted by Gasteiger charge is -2.32. The number of aromatic nitrogens is 4. The van der Waals surface area contributed by atoms with Crippen molar-refractivity contribution < 1.29 is 0 Å². The van der Waals surface area contributed by atoms with Gasteiger partial charge in [0.1, 0.15) is 12.2 Å². The fourth-order valence-corrected chi connectivity index (χ4v) is 2.73. The zero-order valence-corrected chi connectivity index (χ0v) is 11.2. The van der Waals surface area contributed by atoms with Crippen molar-refractivity contribution in [3.8, 4) is 0 Å². The van der Waals surface area contributed by atoms with Crippen molar-refractivity contribution in [3.63, 3.8) is 0 Å². The summed E-state index contributed by atoms with van der Waals surface area (Å²) < 4.78 is 2.09.